The minimum absolute atomic E-state index is 0.365. The predicted octanol–water partition coefficient (Wildman–Crippen LogP) is 2.46. The van der Waals surface area contributed by atoms with Crippen molar-refractivity contribution < 1.29 is 9.53 Å². The zero-order valence-corrected chi connectivity index (χ0v) is 15.0. The van der Waals surface area contributed by atoms with Gasteiger partial charge in [-0.1, -0.05) is 6.92 Å². The van der Waals surface area contributed by atoms with Gasteiger partial charge in [-0.25, -0.2) is 9.78 Å². The van der Waals surface area contributed by atoms with Crippen molar-refractivity contribution in [2.45, 2.75) is 52.2 Å². The van der Waals surface area contributed by atoms with Crippen LogP contribution in [-0.2, 0) is 11.2 Å². The molecule has 0 aliphatic carbocycles. The third-order valence-electron chi connectivity index (χ3n) is 4.22. The highest BCUT2D eigenvalue weighted by molar-refractivity contribution is 5.67. The molecule has 0 bridgehead atoms. The molecular formula is C17H30N4O2. The molecule has 1 aliphatic heterocycles. The van der Waals surface area contributed by atoms with Gasteiger partial charge >= 0.3 is 6.09 Å². The number of hydrogen-bond acceptors (Lipinski definition) is 4. The molecule has 0 saturated carbocycles. The number of rotatable bonds is 4. The Kier molecular flexibility index (Phi) is 5.68. The van der Waals surface area contributed by atoms with Gasteiger partial charge in [0.2, 0.25) is 0 Å². The average Bonchev–Trinajstić information content (AvgIpc) is 2.85. The van der Waals surface area contributed by atoms with E-state index in [9.17, 15) is 4.79 Å². The highest BCUT2D eigenvalue weighted by Crippen LogP contribution is 2.28. The Bertz CT molecular complexity index is 521. The standard InChI is InChI=1S/C17H30N4O2/c1-13-11-20(5)9-7-15(13)21-12-18-10-14(21)6-8-19-16(22)23-17(2,3)4/h10,12-13,15H,6-9,11H2,1-5H3,(H,19,22). The van der Waals surface area contributed by atoms with E-state index < -0.39 is 5.60 Å². The van der Waals surface area contributed by atoms with Crippen molar-refractivity contribution in [3.8, 4) is 0 Å². The van der Waals surface area contributed by atoms with Crippen molar-refractivity contribution in [3.63, 3.8) is 0 Å². The summed E-state index contributed by atoms with van der Waals surface area (Å²) in [5.74, 6) is 0.598. The first kappa shape index (κ1) is 17.8. The number of piperidine rings is 1. The number of imidazole rings is 1. The first-order valence-electron chi connectivity index (χ1n) is 8.42. The van der Waals surface area contributed by atoms with E-state index in [0.717, 1.165) is 25.9 Å². The van der Waals surface area contributed by atoms with Crippen LogP contribution in [0.5, 0.6) is 0 Å². The molecule has 0 aromatic carbocycles. The molecule has 6 nitrogen and oxygen atoms in total. The van der Waals surface area contributed by atoms with Crippen molar-refractivity contribution in [2.75, 3.05) is 26.7 Å². The van der Waals surface area contributed by atoms with Crippen LogP contribution < -0.4 is 5.32 Å². The first-order chi connectivity index (χ1) is 10.8. The zero-order valence-electron chi connectivity index (χ0n) is 15.0. The number of alkyl carbamates (subject to hydrolysis) is 1. The SMILES string of the molecule is CC1CN(C)CCC1n1cncc1CCNC(=O)OC(C)(C)C. The Morgan fingerprint density at radius 2 is 2.22 bits per heavy atom. The van der Waals surface area contributed by atoms with E-state index >= 15 is 0 Å². The van der Waals surface area contributed by atoms with Gasteiger partial charge < -0.3 is 19.5 Å². The summed E-state index contributed by atoms with van der Waals surface area (Å²) < 4.78 is 7.54. The third kappa shape index (κ3) is 5.23. The van der Waals surface area contributed by atoms with E-state index in [1.54, 1.807) is 0 Å². The fraction of sp³-hybridized carbons (Fsp3) is 0.765. The Morgan fingerprint density at radius 1 is 1.48 bits per heavy atom. The smallest absolute Gasteiger partial charge is 0.407 e. The largest absolute Gasteiger partial charge is 0.444 e. The Balaban J connectivity index is 1.88. The first-order valence-corrected chi connectivity index (χ1v) is 8.42. The van der Waals surface area contributed by atoms with Crippen LogP contribution in [0.25, 0.3) is 0 Å². The van der Waals surface area contributed by atoms with Crippen LogP contribution in [0.4, 0.5) is 4.79 Å². The number of aromatic nitrogens is 2. The van der Waals surface area contributed by atoms with Crippen LogP contribution in [-0.4, -0.2) is 52.8 Å². The monoisotopic (exact) mass is 322 g/mol. The quantitative estimate of drug-likeness (QED) is 0.925. The number of nitrogens with zero attached hydrogens (tertiary/aromatic N) is 3. The van der Waals surface area contributed by atoms with Gasteiger partial charge in [0.05, 0.1) is 6.33 Å². The van der Waals surface area contributed by atoms with Crippen molar-refractivity contribution in [3.05, 3.63) is 18.2 Å². The molecule has 1 saturated heterocycles. The molecule has 130 valence electrons. The number of ether oxygens (including phenoxy) is 1. The molecule has 1 N–H and O–H groups in total. The van der Waals surface area contributed by atoms with Gasteiger partial charge in [0.15, 0.2) is 0 Å². The molecule has 1 amide bonds. The predicted molar refractivity (Wildman–Crippen MR) is 90.5 cm³/mol. The lowest BCUT2D eigenvalue weighted by Gasteiger charge is -2.36. The van der Waals surface area contributed by atoms with E-state index in [-0.39, 0.29) is 6.09 Å². The molecule has 2 unspecified atom stereocenters. The number of hydrogen-bond donors (Lipinski definition) is 1. The Hall–Kier alpha value is -1.56. The highest BCUT2D eigenvalue weighted by Gasteiger charge is 2.26. The van der Waals surface area contributed by atoms with E-state index in [1.165, 1.54) is 5.69 Å². The molecule has 0 spiro atoms. The Labute approximate surface area is 139 Å². The summed E-state index contributed by atoms with van der Waals surface area (Å²) in [4.78, 5) is 18.4. The molecule has 1 fully saturated rings. The second-order valence-corrected chi connectivity index (χ2v) is 7.57. The molecule has 1 aromatic heterocycles. The maximum atomic E-state index is 11.7. The average molecular weight is 322 g/mol. The summed E-state index contributed by atoms with van der Waals surface area (Å²) in [6.07, 6.45) is 5.37. The van der Waals surface area contributed by atoms with Crippen molar-refractivity contribution in [1.29, 1.82) is 0 Å². The molecule has 2 heterocycles. The zero-order chi connectivity index (χ0) is 17.0. The van der Waals surface area contributed by atoms with Crippen LogP contribution in [0, 0.1) is 5.92 Å². The van der Waals surface area contributed by atoms with Crippen LogP contribution in [0.3, 0.4) is 0 Å². The van der Waals surface area contributed by atoms with E-state index in [2.05, 4.69) is 33.7 Å². The number of nitrogens with one attached hydrogen (secondary N) is 1. The summed E-state index contributed by atoms with van der Waals surface area (Å²) in [5.41, 5.74) is 0.706. The second kappa shape index (κ2) is 7.34. The molecular weight excluding hydrogens is 292 g/mol. The maximum Gasteiger partial charge on any atom is 0.407 e. The summed E-state index contributed by atoms with van der Waals surface area (Å²) in [5, 5.41) is 2.82. The van der Waals surface area contributed by atoms with Crippen LogP contribution >= 0.6 is 0 Å². The lowest BCUT2D eigenvalue weighted by Crippen LogP contribution is -2.38. The van der Waals surface area contributed by atoms with Gasteiger partial charge in [-0.3, -0.25) is 0 Å². The lowest BCUT2D eigenvalue weighted by molar-refractivity contribution is 0.0528. The fourth-order valence-corrected chi connectivity index (χ4v) is 3.19. The van der Waals surface area contributed by atoms with Gasteiger partial charge in [0, 0.05) is 37.4 Å². The van der Waals surface area contributed by atoms with Crippen molar-refractivity contribution in [2.24, 2.45) is 5.92 Å². The number of carbonyl (C=O) groups excluding carboxylic acids is 1. The van der Waals surface area contributed by atoms with Gasteiger partial charge in [-0.15, -0.1) is 0 Å². The topological polar surface area (TPSA) is 59.4 Å². The van der Waals surface area contributed by atoms with Crippen molar-refractivity contribution in [1.82, 2.24) is 19.8 Å². The molecule has 1 aromatic rings. The molecule has 1 aliphatic rings. The van der Waals surface area contributed by atoms with Crippen LogP contribution in [0.15, 0.2) is 12.5 Å². The van der Waals surface area contributed by atoms with Gasteiger partial charge in [0.1, 0.15) is 5.60 Å². The molecule has 2 rings (SSSR count). The fourth-order valence-electron chi connectivity index (χ4n) is 3.19. The van der Waals surface area contributed by atoms with Crippen molar-refractivity contribution >= 4 is 6.09 Å². The van der Waals surface area contributed by atoms with Gasteiger partial charge in [-0.2, -0.15) is 0 Å². The molecule has 6 heteroatoms. The normalized spacial score (nSPS) is 22.8. The lowest BCUT2D eigenvalue weighted by atomic mass is 9.93. The third-order valence-corrected chi connectivity index (χ3v) is 4.22. The van der Waals surface area contributed by atoms with Crippen LogP contribution in [0.1, 0.15) is 45.9 Å². The van der Waals surface area contributed by atoms with Gasteiger partial charge in [0.25, 0.3) is 0 Å². The minimum Gasteiger partial charge on any atom is -0.444 e. The summed E-state index contributed by atoms with van der Waals surface area (Å²) in [6.45, 7) is 10.7. The summed E-state index contributed by atoms with van der Waals surface area (Å²) in [6, 6.07) is 0.491. The molecule has 2 atom stereocenters. The highest BCUT2D eigenvalue weighted by atomic mass is 16.6. The minimum atomic E-state index is -0.463. The molecule has 23 heavy (non-hydrogen) atoms. The van der Waals surface area contributed by atoms with Gasteiger partial charge in [-0.05, 0) is 46.7 Å². The van der Waals surface area contributed by atoms with Crippen LogP contribution in [0.2, 0.25) is 0 Å². The Morgan fingerprint density at radius 3 is 2.87 bits per heavy atom. The van der Waals surface area contributed by atoms with E-state index in [4.69, 9.17) is 4.74 Å². The number of likely N-dealkylation sites (tertiary alicyclic amines) is 1. The number of carbonyl (C=O) groups is 1. The van der Waals surface area contributed by atoms with E-state index in [1.807, 2.05) is 33.3 Å². The molecule has 0 radical (unpaired) electrons. The number of amides is 1. The maximum absolute atomic E-state index is 11.7. The summed E-state index contributed by atoms with van der Waals surface area (Å²) in [7, 11) is 2.17. The second-order valence-electron chi connectivity index (χ2n) is 7.57. The van der Waals surface area contributed by atoms with E-state index in [0.29, 0.717) is 18.5 Å². The summed E-state index contributed by atoms with van der Waals surface area (Å²) >= 11 is 0.